The van der Waals surface area contributed by atoms with E-state index in [9.17, 15) is 13.2 Å². The Morgan fingerprint density at radius 1 is 1.42 bits per heavy atom. The number of halogens is 3. The van der Waals surface area contributed by atoms with Crippen molar-refractivity contribution >= 4 is 5.82 Å². The molecule has 0 aromatic carbocycles. The Labute approximate surface area is 110 Å². The highest BCUT2D eigenvalue weighted by Gasteiger charge is 2.30. The lowest BCUT2D eigenvalue weighted by atomic mass is 10.0. The van der Waals surface area contributed by atoms with Crippen molar-refractivity contribution < 1.29 is 13.2 Å². The number of aromatic nitrogens is 1. The third-order valence-corrected chi connectivity index (χ3v) is 3.53. The Morgan fingerprint density at radius 2 is 2.21 bits per heavy atom. The van der Waals surface area contributed by atoms with Crippen molar-refractivity contribution in [2.75, 3.05) is 25.5 Å². The van der Waals surface area contributed by atoms with Gasteiger partial charge in [0.1, 0.15) is 5.82 Å². The van der Waals surface area contributed by atoms with Crippen LogP contribution in [0.1, 0.15) is 24.8 Å². The van der Waals surface area contributed by atoms with Crippen molar-refractivity contribution in [3.8, 4) is 0 Å². The van der Waals surface area contributed by atoms with Crippen LogP contribution < -0.4 is 5.32 Å². The first-order valence-corrected chi connectivity index (χ1v) is 6.44. The molecule has 1 aromatic rings. The largest absolute Gasteiger partial charge is 0.416 e. The van der Waals surface area contributed by atoms with Crippen molar-refractivity contribution in [2.45, 2.75) is 31.5 Å². The fourth-order valence-electron chi connectivity index (χ4n) is 2.33. The van der Waals surface area contributed by atoms with Gasteiger partial charge in [0, 0.05) is 18.8 Å². The van der Waals surface area contributed by atoms with E-state index in [1.54, 1.807) is 0 Å². The summed E-state index contributed by atoms with van der Waals surface area (Å²) in [7, 11) is 2.05. The highest BCUT2D eigenvalue weighted by atomic mass is 19.4. The zero-order valence-electron chi connectivity index (χ0n) is 10.9. The standard InChI is InChI=1S/C13H18F3N3/c1-19-7-3-2-4-11(19)9-18-12-8-10(5-6-17-12)13(14,15)16/h5-6,8,11H,2-4,7,9H2,1H3,(H,17,18). The van der Waals surface area contributed by atoms with Crippen LogP contribution in [0.5, 0.6) is 0 Å². The van der Waals surface area contributed by atoms with Crippen molar-refractivity contribution in [1.82, 2.24) is 9.88 Å². The number of hydrogen-bond donors (Lipinski definition) is 1. The first-order valence-electron chi connectivity index (χ1n) is 6.44. The highest BCUT2D eigenvalue weighted by Crippen LogP contribution is 2.29. The molecule has 1 aromatic heterocycles. The summed E-state index contributed by atoms with van der Waals surface area (Å²) in [5, 5.41) is 3.00. The lowest BCUT2D eigenvalue weighted by Gasteiger charge is -2.32. The number of rotatable bonds is 3. The normalized spacial score (nSPS) is 21.4. The maximum absolute atomic E-state index is 12.6. The Bertz CT molecular complexity index is 420. The summed E-state index contributed by atoms with van der Waals surface area (Å²) in [5.41, 5.74) is -0.665. The number of piperidine rings is 1. The number of likely N-dealkylation sites (N-methyl/N-ethyl adjacent to an activating group) is 1. The summed E-state index contributed by atoms with van der Waals surface area (Å²) in [6.45, 7) is 1.67. The minimum Gasteiger partial charge on any atom is -0.368 e. The third kappa shape index (κ3) is 3.83. The fourth-order valence-corrected chi connectivity index (χ4v) is 2.33. The molecule has 1 aliphatic heterocycles. The molecule has 0 bridgehead atoms. The topological polar surface area (TPSA) is 28.2 Å². The predicted molar refractivity (Wildman–Crippen MR) is 68.0 cm³/mol. The molecule has 0 aliphatic carbocycles. The second-order valence-corrected chi connectivity index (χ2v) is 4.94. The van der Waals surface area contributed by atoms with E-state index in [2.05, 4.69) is 15.2 Å². The van der Waals surface area contributed by atoms with Gasteiger partial charge >= 0.3 is 6.18 Å². The van der Waals surface area contributed by atoms with E-state index in [0.717, 1.165) is 25.1 Å². The SMILES string of the molecule is CN1CCCCC1CNc1cc(C(F)(F)F)ccn1. The van der Waals surface area contributed by atoms with Gasteiger partial charge in [-0.1, -0.05) is 6.42 Å². The van der Waals surface area contributed by atoms with E-state index in [1.165, 1.54) is 19.0 Å². The first kappa shape index (κ1) is 14.1. The van der Waals surface area contributed by atoms with Gasteiger partial charge in [0.25, 0.3) is 0 Å². The second-order valence-electron chi connectivity index (χ2n) is 4.94. The van der Waals surface area contributed by atoms with E-state index in [-0.39, 0.29) is 5.82 Å². The number of pyridine rings is 1. The molecule has 0 saturated carbocycles. The molecule has 106 valence electrons. The summed E-state index contributed by atoms with van der Waals surface area (Å²) >= 11 is 0. The summed E-state index contributed by atoms with van der Waals surface area (Å²) in [6, 6.07) is 2.41. The minimum atomic E-state index is -4.32. The maximum atomic E-state index is 12.6. The molecule has 2 rings (SSSR count). The third-order valence-electron chi connectivity index (χ3n) is 3.53. The van der Waals surface area contributed by atoms with Gasteiger partial charge in [-0.25, -0.2) is 4.98 Å². The average molecular weight is 273 g/mol. The van der Waals surface area contributed by atoms with Gasteiger partial charge in [0.15, 0.2) is 0 Å². The molecule has 1 aliphatic rings. The number of nitrogens with zero attached hydrogens (tertiary/aromatic N) is 2. The van der Waals surface area contributed by atoms with Crippen molar-refractivity contribution in [3.63, 3.8) is 0 Å². The fraction of sp³-hybridized carbons (Fsp3) is 0.615. The van der Waals surface area contributed by atoms with Gasteiger partial charge in [-0.05, 0) is 38.6 Å². The van der Waals surface area contributed by atoms with Gasteiger partial charge in [-0.3, -0.25) is 0 Å². The zero-order chi connectivity index (χ0) is 13.9. The molecule has 0 spiro atoms. The number of hydrogen-bond acceptors (Lipinski definition) is 3. The first-order chi connectivity index (χ1) is 8.97. The van der Waals surface area contributed by atoms with Crippen LogP contribution >= 0.6 is 0 Å². The predicted octanol–water partition coefficient (Wildman–Crippen LogP) is 3.00. The molecule has 19 heavy (non-hydrogen) atoms. The van der Waals surface area contributed by atoms with Crippen molar-refractivity contribution in [1.29, 1.82) is 0 Å². The number of alkyl halides is 3. The van der Waals surface area contributed by atoms with Crippen LogP contribution in [-0.2, 0) is 6.18 Å². The Balaban J connectivity index is 1.96. The summed E-state index contributed by atoms with van der Waals surface area (Å²) in [5.74, 6) is 0.286. The number of nitrogens with one attached hydrogen (secondary N) is 1. The maximum Gasteiger partial charge on any atom is 0.416 e. The van der Waals surface area contributed by atoms with Gasteiger partial charge in [0.2, 0.25) is 0 Å². The second kappa shape index (κ2) is 5.77. The summed E-state index contributed by atoms with van der Waals surface area (Å²) in [6.07, 6.45) is 0.306. The van der Waals surface area contributed by atoms with E-state index < -0.39 is 11.7 Å². The minimum absolute atomic E-state index is 0.286. The molecule has 1 unspecified atom stereocenters. The zero-order valence-corrected chi connectivity index (χ0v) is 10.9. The van der Waals surface area contributed by atoms with Gasteiger partial charge in [0.05, 0.1) is 5.56 Å². The molecular weight excluding hydrogens is 255 g/mol. The molecule has 3 nitrogen and oxygen atoms in total. The van der Waals surface area contributed by atoms with Crippen LogP contribution in [0.4, 0.5) is 19.0 Å². The van der Waals surface area contributed by atoms with Crippen molar-refractivity contribution in [2.24, 2.45) is 0 Å². The lowest BCUT2D eigenvalue weighted by Crippen LogP contribution is -2.40. The van der Waals surface area contributed by atoms with Crippen LogP contribution in [-0.4, -0.2) is 36.1 Å². The van der Waals surface area contributed by atoms with Crippen LogP contribution in [0.25, 0.3) is 0 Å². The molecule has 6 heteroatoms. The van der Waals surface area contributed by atoms with Gasteiger partial charge < -0.3 is 10.2 Å². The number of likely N-dealkylation sites (tertiary alicyclic amines) is 1. The number of anilines is 1. The van der Waals surface area contributed by atoms with Crippen LogP contribution in [0.15, 0.2) is 18.3 Å². The molecule has 1 N–H and O–H groups in total. The Kier molecular flexibility index (Phi) is 4.29. The molecule has 1 atom stereocenters. The van der Waals surface area contributed by atoms with Crippen LogP contribution in [0.2, 0.25) is 0 Å². The van der Waals surface area contributed by atoms with E-state index in [0.29, 0.717) is 12.6 Å². The quantitative estimate of drug-likeness (QED) is 0.917. The molecule has 1 fully saturated rings. The molecule has 0 amide bonds. The smallest absolute Gasteiger partial charge is 0.368 e. The van der Waals surface area contributed by atoms with Gasteiger partial charge in [-0.15, -0.1) is 0 Å². The average Bonchev–Trinajstić information content (AvgIpc) is 2.37. The van der Waals surface area contributed by atoms with Crippen LogP contribution in [0.3, 0.4) is 0 Å². The van der Waals surface area contributed by atoms with Gasteiger partial charge in [-0.2, -0.15) is 13.2 Å². The summed E-state index contributed by atoms with van der Waals surface area (Å²) < 4.78 is 37.7. The molecule has 2 heterocycles. The molecule has 1 saturated heterocycles. The monoisotopic (exact) mass is 273 g/mol. The molecular formula is C13H18F3N3. The van der Waals surface area contributed by atoms with Crippen LogP contribution in [0, 0.1) is 0 Å². The van der Waals surface area contributed by atoms with E-state index in [4.69, 9.17) is 0 Å². The van der Waals surface area contributed by atoms with E-state index >= 15 is 0 Å². The Hall–Kier alpha value is -1.30. The summed E-state index contributed by atoms with van der Waals surface area (Å²) in [4.78, 5) is 6.17. The lowest BCUT2D eigenvalue weighted by molar-refractivity contribution is -0.137. The highest BCUT2D eigenvalue weighted by molar-refractivity contribution is 5.38. The molecule has 0 radical (unpaired) electrons. The Morgan fingerprint density at radius 3 is 2.89 bits per heavy atom. The van der Waals surface area contributed by atoms with E-state index in [1.807, 2.05) is 7.05 Å². The van der Waals surface area contributed by atoms with Crippen molar-refractivity contribution in [3.05, 3.63) is 23.9 Å².